The van der Waals surface area contributed by atoms with Crippen LogP contribution in [0.3, 0.4) is 0 Å². The van der Waals surface area contributed by atoms with Crippen molar-refractivity contribution in [3.63, 3.8) is 0 Å². The van der Waals surface area contributed by atoms with Crippen LogP contribution in [-0.4, -0.2) is 91.4 Å². The minimum atomic E-state index is -0.949. The largest absolute Gasteiger partial charge is 0.480 e. The van der Waals surface area contributed by atoms with Crippen molar-refractivity contribution in [3.05, 3.63) is 0 Å². The topological polar surface area (TPSA) is 82.1 Å². The Morgan fingerprint density at radius 2 is 2.20 bits per heavy atom. The van der Waals surface area contributed by atoms with E-state index in [0.717, 1.165) is 12.3 Å². The maximum Gasteiger partial charge on any atom is 0.327 e. The molecule has 0 aromatic heterocycles. The van der Waals surface area contributed by atoms with E-state index >= 15 is 0 Å². The van der Waals surface area contributed by atoms with Gasteiger partial charge in [-0.15, -0.1) is 0 Å². The second kappa shape index (κ2) is 9.04. The van der Waals surface area contributed by atoms with Crippen LogP contribution in [0.25, 0.3) is 0 Å². The molecule has 1 rings (SSSR count). The van der Waals surface area contributed by atoms with Crippen LogP contribution in [0.2, 0.25) is 0 Å². The molecule has 2 amide bonds. The van der Waals surface area contributed by atoms with Gasteiger partial charge in [-0.1, -0.05) is 0 Å². The van der Waals surface area contributed by atoms with E-state index in [4.69, 9.17) is 9.84 Å². The summed E-state index contributed by atoms with van der Waals surface area (Å²) < 4.78 is 5.36. The second-order valence-corrected chi connectivity index (χ2v) is 5.92. The van der Waals surface area contributed by atoms with Crippen LogP contribution in [0.15, 0.2) is 0 Å². The van der Waals surface area contributed by atoms with Gasteiger partial charge < -0.3 is 25.0 Å². The van der Waals surface area contributed by atoms with Gasteiger partial charge in [0.1, 0.15) is 6.04 Å². The monoisotopic (exact) mass is 305 g/mol. The molecule has 0 aromatic carbocycles. The molecule has 0 aromatic rings. The van der Waals surface area contributed by atoms with Crippen molar-refractivity contribution in [3.8, 4) is 0 Å². The van der Waals surface area contributed by atoms with Crippen molar-refractivity contribution in [1.29, 1.82) is 0 Å². The number of nitrogens with zero attached hydrogens (tertiary/aromatic N) is 2. The molecule has 0 aliphatic carbocycles. The number of nitrogens with one attached hydrogen (secondary N) is 1. The Bertz CT molecular complexity index is 328. The molecule has 1 atom stereocenters. The predicted octanol–water partition coefficient (Wildman–Crippen LogP) is -0.224. The van der Waals surface area contributed by atoms with E-state index in [0.29, 0.717) is 32.1 Å². The van der Waals surface area contributed by atoms with Crippen molar-refractivity contribution >= 4 is 23.8 Å². The van der Waals surface area contributed by atoms with Gasteiger partial charge in [0, 0.05) is 31.1 Å². The second-order valence-electron chi connectivity index (χ2n) is 4.77. The van der Waals surface area contributed by atoms with Crippen molar-refractivity contribution < 1.29 is 19.4 Å². The molecule has 2 N–H and O–H groups in total. The number of carbonyl (C=O) groups is 2. The molecule has 0 spiro atoms. The molecule has 20 heavy (non-hydrogen) atoms. The molecule has 0 saturated carbocycles. The van der Waals surface area contributed by atoms with E-state index < -0.39 is 12.0 Å². The van der Waals surface area contributed by atoms with Crippen LogP contribution in [0.4, 0.5) is 4.79 Å². The normalized spacial score (nSPS) is 19.1. The lowest BCUT2D eigenvalue weighted by molar-refractivity contribution is -0.141. The molecule has 1 saturated heterocycles. The molecule has 1 unspecified atom stereocenters. The fraction of sp³-hybridized carbons (Fsp3) is 0.833. The standard InChI is InChI=1S/C12H23N3O4S/c1-14(2)4-7-19-6-3-13-12(18)15-5-8-20-9-10(15)11(16)17/h10H,3-9H2,1-2H3,(H,13,18)(H,16,17). The minimum Gasteiger partial charge on any atom is -0.480 e. The first-order chi connectivity index (χ1) is 9.52. The molecule has 7 nitrogen and oxygen atoms in total. The van der Waals surface area contributed by atoms with E-state index in [-0.39, 0.29) is 6.03 Å². The molecule has 1 fully saturated rings. The number of urea groups is 1. The van der Waals surface area contributed by atoms with E-state index in [1.54, 1.807) is 11.8 Å². The smallest absolute Gasteiger partial charge is 0.327 e. The summed E-state index contributed by atoms with van der Waals surface area (Å²) in [6.45, 7) is 2.73. The summed E-state index contributed by atoms with van der Waals surface area (Å²) in [5.41, 5.74) is 0. The first-order valence-corrected chi connectivity index (χ1v) is 7.75. The highest BCUT2D eigenvalue weighted by Gasteiger charge is 2.32. The summed E-state index contributed by atoms with van der Waals surface area (Å²) in [6, 6.07) is -1.06. The van der Waals surface area contributed by atoms with Gasteiger partial charge in [-0.3, -0.25) is 0 Å². The molecule has 1 aliphatic heterocycles. The maximum atomic E-state index is 11.9. The molecule has 116 valence electrons. The Labute approximate surface area is 123 Å². The minimum absolute atomic E-state index is 0.325. The number of amides is 2. The zero-order chi connectivity index (χ0) is 15.0. The SMILES string of the molecule is CN(C)CCOCCNC(=O)N1CCSCC1C(=O)O. The zero-order valence-corrected chi connectivity index (χ0v) is 12.8. The summed E-state index contributed by atoms with van der Waals surface area (Å²) in [4.78, 5) is 26.4. The molecular formula is C12H23N3O4S. The van der Waals surface area contributed by atoms with Crippen molar-refractivity contribution in [2.45, 2.75) is 6.04 Å². The van der Waals surface area contributed by atoms with E-state index in [2.05, 4.69) is 5.32 Å². The summed E-state index contributed by atoms with van der Waals surface area (Å²) >= 11 is 1.56. The van der Waals surface area contributed by atoms with Gasteiger partial charge in [-0.2, -0.15) is 11.8 Å². The Hall–Kier alpha value is -0.990. The molecule has 0 radical (unpaired) electrons. The van der Waals surface area contributed by atoms with Crippen molar-refractivity contribution in [2.24, 2.45) is 0 Å². The van der Waals surface area contributed by atoms with Gasteiger partial charge >= 0.3 is 12.0 Å². The highest BCUT2D eigenvalue weighted by molar-refractivity contribution is 7.99. The van der Waals surface area contributed by atoms with Crippen LogP contribution in [0.1, 0.15) is 0 Å². The van der Waals surface area contributed by atoms with Gasteiger partial charge in [0.25, 0.3) is 0 Å². The van der Waals surface area contributed by atoms with Gasteiger partial charge in [0.2, 0.25) is 0 Å². The third-order valence-corrected chi connectivity index (χ3v) is 3.90. The third-order valence-electron chi connectivity index (χ3n) is 2.88. The van der Waals surface area contributed by atoms with E-state index in [9.17, 15) is 9.59 Å². The number of carboxylic acids is 1. The van der Waals surface area contributed by atoms with Gasteiger partial charge in [-0.05, 0) is 14.1 Å². The van der Waals surface area contributed by atoms with E-state index in [1.165, 1.54) is 4.90 Å². The Morgan fingerprint density at radius 1 is 1.45 bits per heavy atom. The van der Waals surface area contributed by atoms with Crippen LogP contribution >= 0.6 is 11.8 Å². The molecular weight excluding hydrogens is 282 g/mol. The first kappa shape index (κ1) is 17.1. The number of likely N-dealkylation sites (N-methyl/N-ethyl adjacent to an activating group) is 1. The van der Waals surface area contributed by atoms with E-state index in [1.807, 2.05) is 19.0 Å². The third kappa shape index (κ3) is 5.98. The average Bonchev–Trinajstić information content (AvgIpc) is 2.42. The number of aliphatic carboxylic acids is 1. The number of ether oxygens (including phenoxy) is 1. The Morgan fingerprint density at radius 3 is 2.85 bits per heavy atom. The summed E-state index contributed by atoms with van der Waals surface area (Å²) in [7, 11) is 3.93. The van der Waals surface area contributed by atoms with Gasteiger partial charge in [-0.25, -0.2) is 9.59 Å². The summed E-state index contributed by atoms with van der Waals surface area (Å²) in [5, 5.41) is 11.8. The predicted molar refractivity (Wildman–Crippen MR) is 78.2 cm³/mol. The Balaban J connectivity index is 2.22. The number of hydrogen-bond donors (Lipinski definition) is 2. The quantitative estimate of drug-likeness (QED) is 0.633. The molecule has 0 bridgehead atoms. The van der Waals surface area contributed by atoms with Crippen LogP contribution in [-0.2, 0) is 9.53 Å². The average molecular weight is 305 g/mol. The van der Waals surface area contributed by atoms with Gasteiger partial charge in [0.15, 0.2) is 0 Å². The molecule has 1 aliphatic rings. The number of hydrogen-bond acceptors (Lipinski definition) is 5. The maximum absolute atomic E-state index is 11.9. The fourth-order valence-electron chi connectivity index (χ4n) is 1.73. The number of carbonyl (C=O) groups excluding carboxylic acids is 1. The molecule has 8 heteroatoms. The van der Waals surface area contributed by atoms with Crippen LogP contribution in [0.5, 0.6) is 0 Å². The Kier molecular flexibility index (Phi) is 7.71. The lowest BCUT2D eigenvalue weighted by Crippen LogP contribution is -2.54. The number of rotatable bonds is 7. The highest BCUT2D eigenvalue weighted by Crippen LogP contribution is 2.16. The summed E-state index contributed by atoms with van der Waals surface area (Å²) in [5.74, 6) is 0.271. The van der Waals surface area contributed by atoms with Crippen LogP contribution in [0, 0.1) is 0 Å². The van der Waals surface area contributed by atoms with Crippen molar-refractivity contribution in [1.82, 2.24) is 15.1 Å². The number of carboxylic acid groups (broad SMARTS) is 1. The lowest BCUT2D eigenvalue weighted by Gasteiger charge is -2.32. The van der Waals surface area contributed by atoms with Crippen LogP contribution < -0.4 is 5.32 Å². The highest BCUT2D eigenvalue weighted by atomic mass is 32.2. The molecule has 1 heterocycles. The first-order valence-electron chi connectivity index (χ1n) is 6.60. The lowest BCUT2D eigenvalue weighted by atomic mass is 10.3. The number of thioether (sulfide) groups is 1. The fourth-order valence-corrected chi connectivity index (χ4v) is 2.77. The summed E-state index contributed by atoms with van der Waals surface area (Å²) in [6.07, 6.45) is 0. The van der Waals surface area contributed by atoms with Crippen molar-refractivity contribution in [2.75, 3.05) is 58.4 Å². The zero-order valence-electron chi connectivity index (χ0n) is 12.0. The van der Waals surface area contributed by atoms with Gasteiger partial charge in [0.05, 0.1) is 13.2 Å².